The average Bonchev–Trinajstić information content (AvgIpc) is 2.38. The number of hydrogen-bond acceptors (Lipinski definition) is 2. The summed E-state index contributed by atoms with van der Waals surface area (Å²) in [4.78, 5) is 2.56. The first-order valence-electron chi connectivity index (χ1n) is 6.80. The average molecular weight is 233 g/mol. The van der Waals surface area contributed by atoms with Crippen LogP contribution in [-0.4, -0.2) is 29.7 Å². The van der Waals surface area contributed by atoms with Crippen molar-refractivity contribution in [3.63, 3.8) is 0 Å². The lowest BCUT2D eigenvalue weighted by Crippen LogP contribution is -2.31. The quantitative estimate of drug-likeness (QED) is 0.763. The highest BCUT2D eigenvalue weighted by molar-refractivity contribution is 5.28. The van der Waals surface area contributed by atoms with Crippen molar-refractivity contribution in [1.29, 1.82) is 0 Å². The van der Waals surface area contributed by atoms with E-state index in [9.17, 15) is 0 Å². The lowest BCUT2D eigenvalue weighted by Gasteiger charge is -2.28. The van der Waals surface area contributed by atoms with Crippen LogP contribution in [0.3, 0.4) is 0 Å². The van der Waals surface area contributed by atoms with Gasteiger partial charge in [-0.3, -0.25) is 4.90 Å². The minimum Gasteiger partial charge on any atom is -0.396 e. The molecule has 0 aromatic heterocycles. The molecule has 1 N–H and O–H groups in total. The van der Waals surface area contributed by atoms with Gasteiger partial charge in [0.15, 0.2) is 0 Å². The maximum Gasteiger partial charge on any atom is 0.0431 e. The molecule has 1 aromatic rings. The van der Waals surface area contributed by atoms with Crippen LogP contribution >= 0.6 is 0 Å². The molecule has 94 valence electrons. The van der Waals surface area contributed by atoms with Crippen LogP contribution in [0.1, 0.15) is 36.8 Å². The molecule has 0 fully saturated rings. The van der Waals surface area contributed by atoms with Crippen molar-refractivity contribution in [2.24, 2.45) is 0 Å². The predicted molar refractivity (Wildman–Crippen MR) is 71.0 cm³/mol. The molecular formula is C15H23NO. The molecular weight excluding hydrogens is 210 g/mol. The third-order valence-electron chi connectivity index (χ3n) is 3.59. The van der Waals surface area contributed by atoms with E-state index in [2.05, 4.69) is 29.2 Å². The van der Waals surface area contributed by atoms with Gasteiger partial charge in [0.05, 0.1) is 0 Å². The molecule has 0 saturated carbocycles. The predicted octanol–water partition coefficient (Wildman–Crippen LogP) is 2.60. The molecule has 17 heavy (non-hydrogen) atoms. The molecule has 2 nitrogen and oxygen atoms in total. The van der Waals surface area contributed by atoms with E-state index < -0.39 is 0 Å². The maximum atomic E-state index is 8.71. The van der Waals surface area contributed by atoms with Gasteiger partial charge < -0.3 is 5.11 Å². The fraction of sp³-hybridized carbons (Fsp3) is 0.600. The Morgan fingerprint density at radius 3 is 2.59 bits per heavy atom. The zero-order valence-corrected chi connectivity index (χ0v) is 10.6. The number of aliphatic hydroxyl groups excluding tert-OH is 1. The molecule has 1 heterocycles. The highest BCUT2D eigenvalue weighted by Crippen LogP contribution is 2.18. The highest BCUT2D eigenvalue weighted by Gasteiger charge is 2.14. The van der Waals surface area contributed by atoms with Crippen LogP contribution in [0.4, 0.5) is 0 Å². The standard InChI is InChI=1S/C15H23NO/c17-12-6-2-1-5-10-16-11-9-14-7-3-4-8-15(14)13-16/h3-4,7-8,17H,1-2,5-6,9-13H2. The molecule has 2 heteroatoms. The molecule has 0 radical (unpaired) electrons. The van der Waals surface area contributed by atoms with Crippen molar-refractivity contribution >= 4 is 0 Å². The van der Waals surface area contributed by atoms with E-state index in [0.717, 1.165) is 13.0 Å². The molecule has 1 aliphatic heterocycles. The Kier molecular flexibility index (Phi) is 5.02. The second kappa shape index (κ2) is 6.77. The molecule has 0 saturated heterocycles. The van der Waals surface area contributed by atoms with Gasteiger partial charge in [-0.1, -0.05) is 37.1 Å². The van der Waals surface area contributed by atoms with E-state index in [4.69, 9.17) is 5.11 Å². The van der Waals surface area contributed by atoms with Crippen LogP contribution in [0.2, 0.25) is 0 Å². The zero-order chi connectivity index (χ0) is 11.9. The van der Waals surface area contributed by atoms with E-state index in [-0.39, 0.29) is 0 Å². The summed E-state index contributed by atoms with van der Waals surface area (Å²) in [6.45, 7) is 3.88. The summed E-state index contributed by atoms with van der Waals surface area (Å²) in [5.74, 6) is 0. The highest BCUT2D eigenvalue weighted by atomic mass is 16.2. The van der Waals surface area contributed by atoms with E-state index >= 15 is 0 Å². The second-order valence-electron chi connectivity index (χ2n) is 4.93. The van der Waals surface area contributed by atoms with E-state index in [1.807, 2.05) is 0 Å². The van der Waals surface area contributed by atoms with Crippen molar-refractivity contribution in [2.45, 2.75) is 38.6 Å². The largest absolute Gasteiger partial charge is 0.396 e. The number of unbranched alkanes of at least 4 members (excludes halogenated alkanes) is 3. The van der Waals surface area contributed by atoms with Crippen LogP contribution in [0.15, 0.2) is 24.3 Å². The van der Waals surface area contributed by atoms with Crippen molar-refractivity contribution < 1.29 is 5.11 Å². The molecule has 2 rings (SSSR count). The third-order valence-corrected chi connectivity index (χ3v) is 3.59. The van der Waals surface area contributed by atoms with Crippen molar-refractivity contribution in [1.82, 2.24) is 4.90 Å². The van der Waals surface area contributed by atoms with Gasteiger partial charge in [-0.05, 0) is 36.9 Å². The molecule has 0 bridgehead atoms. The van der Waals surface area contributed by atoms with Gasteiger partial charge in [0.25, 0.3) is 0 Å². The number of fused-ring (bicyclic) bond motifs is 1. The summed E-state index contributed by atoms with van der Waals surface area (Å²) in [5, 5.41) is 8.71. The normalized spacial score (nSPS) is 15.8. The maximum absolute atomic E-state index is 8.71. The van der Waals surface area contributed by atoms with Crippen LogP contribution < -0.4 is 0 Å². The Hall–Kier alpha value is -0.860. The Bertz CT molecular complexity index is 337. The van der Waals surface area contributed by atoms with Gasteiger partial charge in [-0.15, -0.1) is 0 Å². The Balaban J connectivity index is 1.71. The molecule has 0 unspecified atom stereocenters. The molecule has 0 spiro atoms. The molecule has 0 aliphatic carbocycles. The van der Waals surface area contributed by atoms with Crippen molar-refractivity contribution in [3.05, 3.63) is 35.4 Å². The van der Waals surface area contributed by atoms with E-state index in [0.29, 0.717) is 6.61 Å². The molecule has 0 amide bonds. The minimum atomic E-state index is 0.344. The lowest BCUT2D eigenvalue weighted by atomic mass is 10.00. The van der Waals surface area contributed by atoms with Gasteiger partial charge in [-0.2, -0.15) is 0 Å². The summed E-state index contributed by atoms with van der Waals surface area (Å²) < 4.78 is 0. The van der Waals surface area contributed by atoms with Crippen LogP contribution in [-0.2, 0) is 13.0 Å². The molecule has 0 atom stereocenters. The Morgan fingerprint density at radius 1 is 1.00 bits per heavy atom. The second-order valence-corrected chi connectivity index (χ2v) is 4.93. The van der Waals surface area contributed by atoms with E-state index in [1.165, 1.54) is 49.9 Å². The van der Waals surface area contributed by atoms with Gasteiger partial charge in [0.1, 0.15) is 0 Å². The first kappa shape index (κ1) is 12.6. The fourth-order valence-corrected chi connectivity index (χ4v) is 2.55. The minimum absolute atomic E-state index is 0.344. The van der Waals surface area contributed by atoms with Crippen LogP contribution in [0, 0.1) is 0 Å². The summed E-state index contributed by atoms with van der Waals surface area (Å²) in [7, 11) is 0. The first-order valence-corrected chi connectivity index (χ1v) is 6.80. The molecule has 1 aromatic carbocycles. The summed E-state index contributed by atoms with van der Waals surface area (Å²) in [5.41, 5.74) is 3.04. The SMILES string of the molecule is OCCCCCCN1CCc2ccccc2C1. The number of rotatable bonds is 6. The van der Waals surface area contributed by atoms with Crippen molar-refractivity contribution in [3.8, 4) is 0 Å². The topological polar surface area (TPSA) is 23.5 Å². The number of benzene rings is 1. The fourth-order valence-electron chi connectivity index (χ4n) is 2.55. The van der Waals surface area contributed by atoms with Gasteiger partial charge >= 0.3 is 0 Å². The Morgan fingerprint density at radius 2 is 1.76 bits per heavy atom. The van der Waals surface area contributed by atoms with Gasteiger partial charge in [-0.25, -0.2) is 0 Å². The number of hydrogen-bond donors (Lipinski definition) is 1. The summed E-state index contributed by atoms with van der Waals surface area (Å²) >= 11 is 0. The Labute approximate surface area is 104 Å². The van der Waals surface area contributed by atoms with Crippen LogP contribution in [0.5, 0.6) is 0 Å². The van der Waals surface area contributed by atoms with E-state index in [1.54, 1.807) is 0 Å². The zero-order valence-electron chi connectivity index (χ0n) is 10.6. The third kappa shape index (κ3) is 3.83. The molecule has 1 aliphatic rings. The summed E-state index contributed by atoms with van der Waals surface area (Å²) in [6.07, 6.45) is 5.84. The van der Waals surface area contributed by atoms with Crippen LogP contribution in [0.25, 0.3) is 0 Å². The number of nitrogens with zero attached hydrogens (tertiary/aromatic N) is 1. The summed E-state index contributed by atoms with van der Waals surface area (Å²) in [6, 6.07) is 8.80. The lowest BCUT2D eigenvalue weighted by molar-refractivity contribution is 0.244. The smallest absolute Gasteiger partial charge is 0.0431 e. The number of aliphatic hydroxyl groups is 1. The monoisotopic (exact) mass is 233 g/mol. The van der Waals surface area contributed by atoms with Gasteiger partial charge in [0, 0.05) is 19.7 Å². The first-order chi connectivity index (χ1) is 8.40. The van der Waals surface area contributed by atoms with Gasteiger partial charge in [0.2, 0.25) is 0 Å². The van der Waals surface area contributed by atoms with Crippen molar-refractivity contribution in [2.75, 3.05) is 19.7 Å².